The fourth-order valence-corrected chi connectivity index (χ4v) is 9.36. The second-order valence-electron chi connectivity index (χ2n) is 16.4. The number of unbranched alkanes of at least 4 members (excludes halogenated alkanes) is 1. The van der Waals surface area contributed by atoms with Crippen LogP contribution in [0.2, 0.25) is 5.02 Å². The molecule has 5 aromatic rings. The molecule has 6 rings (SSSR count). The first-order chi connectivity index (χ1) is 30.5. The van der Waals surface area contributed by atoms with Crippen LogP contribution < -0.4 is 27.4 Å². The third-order valence-electron chi connectivity index (χ3n) is 11.6. The average Bonchev–Trinajstić information content (AvgIpc) is 3.70. The van der Waals surface area contributed by atoms with Gasteiger partial charge in [0.25, 0.3) is 5.91 Å². The Labute approximate surface area is 379 Å². The van der Waals surface area contributed by atoms with Crippen LogP contribution in [0.4, 0.5) is 0 Å². The van der Waals surface area contributed by atoms with Crippen LogP contribution in [0, 0.1) is 5.92 Å². The lowest BCUT2D eigenvalue weighted by molar-refractivity contribution is -0.143. The van der Waals surface area contributed by atoms with E-state index in [2.05, 4.69) is 20.9 Å². The summed E-state index contributed by atoms with van der Waals surface area (Å²) in [7, 11) is 5.57. The van der Waals surface area contributed by atoms with E-state index >= 15 is 0 Å². The minimum Gasteiger partial charge on any atom is -0.361 e. The zero-order chi connectivity index (χ0) is 44.9. The van der Waals surface area contributed by atoms with E-state index in [4.69, 9.17) is 28.1 Å². The maximum atomic E-state index is 14.9. The molecule has 63 heavy (non-hydrogen) atoms. The van der Waals surface area contributed by atoms with Crippen molar-refractivity contribution in [3.8, 4) is 11.1 Å². The number of hydrogen-bond acceptors (Lipinski definition) is 10. The molecular weight excluding hydrogens is 834 g/mol. The molecule has 1 aliphatic heterocycles. The summed E-state index contributed by atoms with van der Waals surface area (Å²) in [6.45, 7) is 2.50. The topological polar surface area (TPSA) is 192 Å². The molecule has 334 valence electrons. The van der Waals surface area contributed by atoms with Gasteiger partial charge in [0.2, 0.25) is 11.8 Å². The second-order valence-corrected chi connectivity index (χ2v) is 17.8. The molecule has 0 fully saturated rings. The number of benzene rings is 3. The number of nitrogens with two attached hydrogens (primary N) is 2. The summed E-state index contributed by atoms with van der Waals surface area (Å²) in [5.74, 6) is -1.56. The highest BCUT2D eigenvalue weighted by Crippen LogP contribution is 2.41. The molecular formula is C48H60ClN9O4S. The highest BCUT2D eigenvalue weighted by Gasteiger charge is 2.34. The Morgan fingerprint density at radius 1 is 0.952 bits per heavy atom. The maximum Gasteiger partial charge on any atom is 0.251 e. The Hall–Kier alpha value is -5.09. The molecule has 2 aromatic heterocycles. The monoisotopic (exact) mass is 893 g/mol. The van der Waals surface area contributed by atoms with Crippen molar-refractivity contribution in [1.29, 1.82) is 0 Å². The molecule has 13 nitrogen and oxygen atoms in total. The van der Waals surface area contributed by atoms with E-state index in [1.807, 2.05) is 85.9 Å². The third kappa shape index (κ3) is 12.3. The number of ketones is 1. The van der Waals surface area contributed by atoms with Crippen molar-refractivity contribution in [2.24, 2.45) is 17.4 Å². The number of nitrogens with zero attached hydrogens (tertiary/aromatic N) is 3. The molecule has 0 aliphatic carbocycles. The van der Waals surface area contributed by atoms with Gasteiger partial charge in [0.1, 0.15) is 11.1 Å². The Balaban J connectivity index is 1.44. The van der Waals surface area contributed by atoms with Crippen molar-refractivity contribution in [3.05, 3.63) is 112 Å². The van der Waals surface area contributed by atoms with Gasteiger partial charge in [0.15, 0.2) is 5.78 Å². The van der Waals surface area contributed by atoms with E-state index < -0.39 is 18.0 Å². The van der Waals surface area contributed by atoms with Crippen molar-refractivity contribution in [2.75, 3.05) is 47.3 Å². The number of aromatic amines is 1. The summed E-state index contributed by atoms with van der Waals surface area (Å²) in [4.78, 5) is 69.2. The second kappa shape index (κ2) is 23.0. The standard InChI is InChI=1S/C48H60ClN9O4S/c1-57(2)25-24-52-45(60)32-17-15-31(16-18-32)36-19-20-39(49)44-38(36)30-56-46(61)42(26-35-29-54-40-13-5-4-12-37(35)40)58(3)48(62)33(10-6-7-21-50)27-43(59)41(14-8-22-51)55-28-34-11-9-23-53-47(34)63-44/h4-5,9,11-13,15-20,23,29,33,41-42,54-55H,6-8,10,14,21-22,24-28,30,50-51H2,1-3H3,(H,52,60)(H,56,61)/t33-,41+,42+/m1/s1. The number of para-hydroxylation sites is 1. The van der Waals surface area contributed by atoms with Crippen LogP contribution >= 0.6 is 23.4 Å². The summed E-state index contributed by atoms with van der Waals surface area (Å²) in [5, 5.41) is 11.8. The molecule has 0 unspecified atom stereocenters. The fraction of sp³-hybridized carbons (Fsp3) is 0.396. The first-order valence-electron chi connectivity index (χ1n) is 21.7. The number of fused-ring (bicyclic) bond motifs is 3. The first-order valence-corrected chi connectivity index (χ1v) is 22.9. The Bertz CT molecular complexity index is 2350. The number of hydrogen-bond donors (Lipinski definition) is 6. The number of carbonyl (C=O) groups excluding carboxylic acids is 4. The van der Waals surface area contributed by atoms with Crippen molar-refractivity contribution in [3.63, 3.8) is 0 Å². The fourth-order valence-electron chi connectivity index (χ4n) is 8.01. The van der Waals surface area contributed by atoms with Crippen molar-refractivity contribution >= 4 is 57.8 Å². The van der Waals surface area contributed by atoms with Crippen LogP contribution in [-0.2, 0) is 33.9 Å². The maximum absolute atomic E-state index is 14.9. The van der Waals surface area contributed by atoms with Crippen molar-refractivity contribution in [2.45, 2.75) is 80.0 Å². The van der Waals surface area contributed by atoms with Gasteiger partial charge in [-0.1, -0.05) is 72.2 Å². The number of aromatic nitrogens is 2. The molecule has 0 radical (unpaired) electrons. The van der Waals surface area contributed by atoms with Crippen LogP contribution in [0.5, 0.6) is 0 Å². The lowest BCUT2D eigenvalue weighted by atomic mass is 9.90. The highest BCUT2D eigenvalue weighted by molar-refractivity contribution is 7.99. The van der Waals surface area contributed by atoms with Gasteiger partial charge in [-0.05, 0) is 111 Å². The van der Waals surface area contributed by atoms with Gasteiger partial charge >= 0.3 is 0 Å². The molecule has 0 saturated heterocycles. The number of halogens is 1. The Kier molecular flexibility index (Phi) is 17.3. The van der Waals surface area contributed by atoms with E-state index in [-0.39, 0.29) is 42.9 Å². The van der Waals surface area contributed by atoms with Gasteiger partial charge in [-0.3, -0.25) is 19.2 Å². The molecule has 8 N–H and O–H groups in total. The number of amides is 3. The zero-order valence-corrected chi connectivity index (χ0v) is 38.0. The summed E-state index contributed by atoms with van der Waals surface area (Å²) in [6, 6.07) is 21.3. The first kappa shape index (κ1) is 47.4. The van der Waals surface area contributed by atoms with Gasteiger partial charge in [0.05, 0.1) is 11.1 Å². The number of rotatable bonds is 14. The molecule has 0 saturated carbocycles. The predicted molar refractivity (Wildman–Crippen MR) is 251 cm³/mol. The van der Waals surface area contributed by atoms with Crippen LogP contribution in [0.15, 0.2) is 95.1 Å². The van der Waals surface area contributed by atoms with Gasteiger partial charge in [-0.2, -0.15) is 0 Å². The average molecular weight is 895 g/mol. The lowest BCUT2D eigenvalue weighted by Crippen LogP contribution is -2.51. The number of pyridine rings is 1. The summed E-state index contributed by atoms with van der Waals surface area (Å²) in [6.07, 6.45) is 6.76. The molecule has 15 heteroatoms. The van der Waals surface area contributed by atoms with E-state index in [1.165, 1.54) is 16.7 Å². The third-order valence-corrected chi connectivity index (χ3v) is 13.3. The van der Waals surface area contributed by atoms with E-state index in [0.29, 0.717) is 85.3 Å². The van der Waals surface area contributed by atoms with Crippen LogP contribution in [0.1, 0.15) is 65.6 Å². The molecule has 3 aromatic carbocycles. The largest absolute Gasteiger partial charge is 0.361 e. The SMILES string of the molecule is CN(C)CCNC(=O)c1ccc(-c2ccc(Cl)c3c2CNC(=O)[C@H](Cc2c[nH]c4ccccc24)N(C)C(=O)[C@H](CCCCN)CC(=O)[C@H](CCCN)NCc2cccnc2S3)cc1. The van der Waals surface area contributed by atoms with E-state index in [9.17, 15) is 19.2 Å². The van der Waals surface area contributed by atoms with Gasteiger partial charge in [0, 0.05) is 85.7 Å². The number of likely N-dealkylation sites (N-methyl/N-ethyl adjacent to an activating group) is 2. The zero-order valence-electron chi connectivity index (χ0n) is 36.4. The summed E-state index contributed by atoms with van der Waals surface area (Å²) < 4.78 is 0. The molecule has 1 aliphatic rings. The minimum absolute atomic E-state index is 0.00694. The van der Waals surface area contributed by atoms with Crippen LogP contribution in [0.3, 0.4) is 0 Å². The molecule has 0 bridgehead atoms. The lowest BCUT2D eigenvalue weighted by Gasteiger charge is -2.31. The summed E-state index contributed by atoms with van der Waals surface area (Å²) >= 11 is 8.49. The number of nitrogens with one attached hydrogen (secondary N) is 4. The van der Waals surface area contributed by atoms with Gasteiger partial charge < -0.3 is 42.2 Å². The normalized spacial score (nSPS) is 17.9. The minimum atomic E-state index is -0.933. The molecule has 3 amide bonds. The quantitative estimate of drug-likeness (QED) is 0.0730. The van der Waals surface area contributed by atoms with Crippen LogP contribution in [-0.4, -0.2) is 103 Å². The Morgan fingerprint density at radius 3 is 2.49 bits per heavy atom. The smallest absolute Gasteiger partial charge is 0.251 e. The van der Waals surface area contributed by atoms with Crippen LogP contribution in [0.25, 0.3) is 22.0 Å². The van der Waals surface area contributed by atoms with E-state index in [0.717, 1.165) is 38.7 Å². The Morgan fingerprint density at radius 2 is 1.73 bits per heavy atom. The van der Waals surface area contributed by atoms with E-state index in [1.54, 1.807) is 25.4 Å². The van der Waals surface area contributed by atoms with Gasteiger partial charge in [-0.25, -0.2) is 4.98 Å². The van der Waals surface area contributed by atoms with Gasteiger partial charge in [-0.15, -0.1) is 0 Å². The summed E-state index contributed by atoms with van der Waals surface area (Å²) in [5.41, 5.74) is 17.4. The predicted octanol–water partition coefficient (Wildman–Crippen LogP) is 5.93. The number of H-pyrrole nitrogens is 1. The number of Topliss-reactive ketones (excluding diaryl/α,β-unsaturated/α-hetero) is 1. The van der Waals surface area contributed by atoms with Crippen molar-refractivity contribution < 1.29 is 19.2 Å². The van der Waals surface area contributed by atoms with Crippen molar-refractivity contribution in [1.82, 2.24) is 35.7 Å². The molecule has 0 spiro atoms. The highest BCUT2D eigenvalue weighted by atomic mass is 35.5. The number of carbonyl (C=O) groups is 4. The molecule has 3 heterocycles. The molecule has 3 atom stereocenters.